The van der Waals surface area contributed by atoms with Gasteiger partial charge in [-0.15, -0.1) is 0 Å². The molecule has 0 aliphatic heterocycles. The van der Waals surface area contributed by atoms with Crippen molar-refractivity contribution >= 4 is 35.3 Å². The van der Waals surface area contributed by atoms with Gasteiger partial charge in [-0.2, -0.15) is 0 Å². The summed E-state index contributed by atoms with van der Waals surface area (Å²) in [6, 6.07) is 4.36. The lowest BCUT2D eigenvalue weighted by molar-refractivity contribution is -0.143. The number of rotatable bonds is 6. The molecule has 0 aliphatic rings. The van der Waals surface area contributed by atoms with Crippen LogP contribution in [0.3, 0.4) is 0 Å². The summed E-state index contributed by atoms with van der Waals surface area (Å²) in [6.45, 7) is 5.71. The van der Waals surface area contributed by atoms with Crippen LogP contribution in [0.2, 0.25) is 10.0 Å². The highest BCUT2D eigenvalue weighted by Crippen LogP contribution is 2.22. The van der Waals surface area contributed by atoms with E-state index in [2.05, 4.69) is 10.3 Å². The Morgan fingerprint density at radius 2 is 2.00 bits per heavy atom. The molecule has 1 amide bonds. The van der Waals surface area contributed by atoms with Gasteiger partial charge in [0.1, 0.15) is 11.6 Å². The number of esters is 1. The van der Waals surface area contributed by atoms with Gasteiger partial charge in [0.25, 0.3) is 0 Å². The summed E-state index contributed by atoms with van der Waals surface area (Å²) in [5.74, 6) is -0.582. The van der Waals surface area contributed by atoms with E-state index in [1.165, 1.54) is 7.11 Å². The zero-order chi connectivity index (χ0) is 20.9. The lowest BCUT2D eigenvalue weighted by Crippen LogP contribution is -2.45. The number of aromatic nitrogens is 2. The first-order valence-electron chi connectivity index (χ1n) is 8.59. The molecular weight excluding hydrogens is 405 g/mol. The highest BCUT2D eigenvalue weighted by Gasteiger charge is 2.26. The highest BCUT2D eigenvalue weighted by molar-refractivity contribution is 6.35. The Hall–Kier alpha value is -2.25. The van der Waals surface area contributed by atoms with Gasteiger partial charge < -0.3 is 19.4 Å². The number of methoxy groups -OCH3 is 1. The Morgan fingerprint density at radius 3 is 2.61 bits per heavy atom. The van der Waals surface area contributed by atoms with Gasteiger partial charge in [-0.05, 0) is 38.5 Å². The molecule has 0 spiro atoms. The van der Waals surface area contributed by atoms with Crippen LogP contribution in [0.5, 0.6) is 0 Å². The molecular formula is C19H23Cl2N3O4. The molecule has 0 saturated heterocycles. The number of nitrogens with zero attached hydrogens (tertiary/aromatic N) is 2. The third kappa shape index (κ3) is 6.73. The van der Waals surface area contributed by atoms with E-state index in [4.69, 9.17) is 32.7 Å². The van der Waals surface area contributed by atoms with Crippen LogP contribution in [0.25, 0.3) is 0 Å². The van der Waals surface area contributed by atoms with Crippen molar-refractivity contribution in [1.29, 1.82) is 0 Å². The lowest BCUT2D eigenvalue weighted by atomic mass is 10.1. The third-order valence-electron chi connectivity index (χ3n) is 3.64. The second-order valence-corrected chi connectivity index (χ2v) is 8.04. The number of halogens is 2. The SMILES string of the molecule is COC(=O)[C@H](Cc1cn(Cc2ccc(Cl)cc2Cl)cn1)NC(=O)OC(C)(C)C. The minimum absolute atomic E-state index is 0.160. The molecule has 0 aliphatic carbocycles. The van der Waals surface area contributed by atoms with Crippen LogP contribution in [0.1, 0.15) is 32.0 Å². The maximum atomic E-state index is 12.0. The van der Waals surface area contributed by atoms with E-state index in [9.17, 15) is 9.59 Å². The fourth-order valence-electron chi connectivity index (χ4n) is 2.44. The summed E-state index contributed by atoms with van der Waals surface area (Å²) in [5, 5.41) is 3.65. The first-order valence-corrected chi connectivity index (χ1v) is 9.35. The fourth-order valence-corrected chi connectivity index (χ4v) is 2.91. The number of ether oxygens (including phenoxy) is 2. The first-order chi connectivity index (χ1) is 13.1. The van der Waals surface area contributed by atoms with E-state index in [-0.39, 0.29) is 6.42 Å². The minimum Gasteiger partial charge on any atom is -0.467 e. The second kappa shape index (κ2) is 9.30. The molecule has 1 aromatic heterocycles. The summed E-state index contributed by atoms with van der Waals surface area (Å²) in [4.78, 5) is 28.3. The van der Waals surface area contributed by atoms with Crippen LogP contribution in [0.15, 0.2) is 30.7 Å². The fraction of sp³-hybridized carbons (Fsp3) is 0.421. The zero-order valence-electron chi connectivity index (χ0n) is 16.2. The Labute approximate surface area is 173 Å². The van der Waals surface area contributed by atoms with Crippen molar-refractivity contribution in [2.24, 2.45) is 0 Å². The Kier molecular flexibility index (Phi) is 7.32. The largest absolute Gasteiger partial charge is 0.467 e. The number of amides is 1. The van der Waals surface area contributed by atoms with Crippen LogP contribution in [-0.4, -0.2) is 40.4 Å². The monoisotopic (exact) mass is 427 g/mol. The molecule has 0 saturated carbocycles. The Balaban J connectivity index is 2.06. The molecule has 152 valence electrons. The summed E-state index contributed by atoms with van der Waals surface area (Å²) in [5.41, 5.74) is 0.812. The molecule has 0 bridgehead atoms. The van der Waals surface area contributed by atoms with Crippen molar-refractivity contribution in [3.63, 3.8) is 0 Å². The lowest BCUT2D eigenvalue weighted by Gasteiger charge is -2.22. The molecule has 1 atom stereocenters. The highest BCUT2D eigenvalue weighted by atomic mass is 35.5. The predicted octanol–water partition coefficient (Wildman–Crippen LogP) is 3.85. The maximum absolute atomic E-state index is 12.0. The van der Waals surface area contributed by atoms with Gasteiger partial charge in [-0.25, -0.2) is 14.6 Å². The van der Waals surface area contributed by atoms with E-state index >= 15 is 0 Å². The summed E-state index contributed by atoms with van der Waals surface area (Å²) in [7, 11) is 1.26. The molecule has 28 heavy (non-hydrogen) atoms. The van der Waals surface area contributed by atoms with Gasteiger partial charge in [0.2, 0.25) is 0 Å². The molecule has 2 aromatic rings. The molecule has 2 rings (SSSR count). The van der Waals surface area contributed by atoms with Crippen molar-refractivity contribution in [2.75, 3.05) is 7.11 Å². The molecule has 1 N–H and O–H groups in total. The Bertz CT molecular complexity index is 846. The molecule has 9 heteroatoms. The van der Waals surface area contributed by atoms with Gasteiger partial charge in [0.15, 0.2) is 0 Å². The van der Waals surface area contributed by atoms with Crippen molar-refractivity contribution < 1.29 is 19.1 Å². The number of nitrogens with one attached hydrogen (secondary N) is 1. The third-order valence-corrected chi connectivity index (χ3v) is 4.23. The number of hydrogen-bond donors (Lipinski definition) is 1. The molecule has 1 aromatic carbocycles. The van der Waals surface area contributed by atoms with Gasteiger partial charge in [-0.3, -0.25) is 0 Å². The summed E-state index contributed by atoms with van der Waals surface area (Å²) in [6.07, 6.45) is 2.86. The summed E-state index contributed by atoms with van der Waals surface area (Å²) < 4.78 is 11.8. The second-order valence-electron chi connectivity index (χ2n) is 7.20. The van der Waals surface area contributed by atoms with Crippen LogP contribution < -0.4 is 5.32 Å². The standard InChI is InChI=1S/C19H23Cl2N3O4/c1-19(2,3)28-18(26)23-16(17(25)27-4)8-14-10-24(11-22-14)9-12-5-6-13(20)7-15(12)21/h5-7,10-11,16H,8-9H2,1-4H3,(H,23,26)/t16-/m0/s1. The number of carbonyl (C=O) groups excluding carboxylic acids is 2. The van der Waals surface area contributed by atoms with E-state index in [0.29, 0.717) is 22.3 Å². The van der Waals surface area contributed by atoms with Gasteiger partial charge >= 0.3 is 12.1 Å². The molecule has 0 unspecified atom stereocenters. The maximum Gasteiger partial charge on any atom is 0.408 e. The van der Waals surface area contributed by atoms with E-state index in [1.807, 2.05) is 10.6 Å². The van der Waals surface area contributed by atoms with Crippen molar-refractivity contribution in [3.05, 3.63) is 52.0 Å². The smallest absolute Gasteiger partial charge is 0.408 e. The van der Waals surface area contributed by atoms with E-state index < -0.39 is 23.7 Å². The molecule has 0 fully saturated rings. The predicted molar refractivity (Wildman–Crippen MR) is 107 cm³/mol. The van der Waals surface area contributed by atoms with Crippen molar-refractivity contribution in [3.8, 4) is 0 Å². The van der Waals surface area contributed by atoms with Crippen molar-refractivity contribution in [1.82, 2.24) is 14.9 Å². The van der Waals surface area contributed by atoms with E-state index in [0.717, 1.165) is 5.56 Å². The number of imidazole rings is 1. The molecule has 1 heterocycles. The van der Waals surface area contributed by atoms with Crippen LogP contribution in [-0.2, 0) is 27.2 Å². The average molecular weight is 428 g/mol. The number of carbonyl (C=O) groups is 2. The van der Waals surface area contributed by atoms with E-state index in [1.54, 1.807) is 45.4 Å². The number of hydrogen-bond acceptors (Lipinski definition) is 5. The van der Waals surface area contributed by atoms with Gasteiger partial charge in [0, 0.05) is 29.2 Å². The van der Waals surface area contributed by atoms with Crippen LogP contribution in [0.4, 0.5) is 4.79 Å². The van der Waals surface area contributed by atoms with Crippen LogP contribution >= 0.6 is 23.2 Å². The zero-order valence-corrected chi connectivity index (χ0v) is 17.7. The number of alkyl carbamates (subject to hydrolysis) is 1. The topological polar surface area (TPSA) is 82.5 Å². The molecule has 0 radical (unpaired) electrons. The van der Waals surface area contributed by atoms with Crippen LogP contribution in [0, 0.1) is 0 Å². The minimum atomic E-state index is -0.915. The quantitative estimate of drug-likeness (QED) is 0.707. The van der Waals surface area contributed by atoms with Crippen molar-refractivity contribution in [2.45, 2.75) is 45.4 Å². The summed E-state index contributed by atoms with van der Waals surface area (Å²) >= 11 is 12.1. The normalized spacial score (nSPS) is 12.4. The Morgan fingerprint density at radius 1 is 1.29 bits per heavy atom. The van der Waals surface area contributed by atoms with Gasteiger partial charge in [0.05, 0.1) is 19.1 Å². The first kappa shape index (κ1) is 22.0. The average Bonchev–Trinajstić information content (AvgIpc) is 3.01. The van der Waals surface area contributed by atoms with Gasteiger partial charge in [-0.1, -0.05) is 29.3 Å². The number of benzene rings is 1. The molecule has 7 nitrogen and oxygen atoms in total.